The Morgan fingerprint density at radius 3 is 2.64 bits per heavy atom. The summed E-state index contributed by atoms with van der Waals surface area (Å²) in [5.41, 5.74) is 0. The van der Waals surface area contributed by atoms with E-state index in [1.807, 2.05) is 18.7 Å². The lowest BCUT2D eigenvalue weighted by atomic mass is 10.3. The quantitative estimate of drug-likeness (QED) is 0.540. The molecule has 0 unspecified atom stereocenters. The molecule has 0 atom stereocenters. The lowest BCUT2D eigenvalue weighted by Crippen LogP contribution is -2.18. The van der Waals surface area contributed by atoms with Gasteiger partial charge in [-0.2, -0.15) is 11.8 Å². The predicted octanol–water partition coefficient (Wildman–Crippen LogP) is 2.54. The summed E-state index contributed by atoms with van der Waals surface area (Å²) in [6.07, 6.45) is 3.71. The Hall–Kier alpha value is 0.270. The molecule has 0 rings (SSSR count). The van der Waals surface area contributed by atoms with Crippen LogP contribution in [0.1, 0.15) is 33.1 Å². The summed E-state index contributed by atoms with van der Waals surface area (Å²) in [5, 5.41) is 3.44. The van der Waals surface area contributed by atoms with Gasteiger partial charge in [0.25, 0.3) is 0 Å². The first kappa shape index (κ1) is 14.3. The predicted molar refractivity (Wildman–Crippen MR) is 66.2 cm³/mol. The molecular weight excluding hydrogens is 194 g/mol. The van der Waals surface area contributed by atoms with Crippen molar-refractivity contribution in [3.05, 3.63) is 0 Å². The number of thioether (sulfide) groups is 1. The van der Waals surface area contributed by atoms with Gasteiger partial charge in [0.1, 0.15) is 0 Å². The molecule has 0 aromatic carbocycles. The fourth-order valence-corrected chi connectivity index (χ4v) is 1.90. The molecule has 0 fully saturated rings. The Labute approximate surface area is 93.2 Å². The fourth-order valence-electron chi connectivity index (χ4n) is 1.11. The second-order valence-corrected chi connectivity index (χ2v) is 4.49. The maximum Gasteiger partial charge on any atom is 0.0466 e. The molecule has 0 aromatic rings. The number of unbranched alkanes of at least 4 members (excludes halogenated alkanes) is 1. The molecule has 14 heavy (non-hydrogen) atoms. The van der Waals surface area contributed by atoms with Gasteiger partial charge in [0.15, 0.2) is 0 Å². The van der Waals surface area contributed by atoms with E-state index in [0.717, 1.165) is 26.3 Å². The molecule has 0 aliphatic rings. The van der Waals surface area contributed by atoms with Crippen molar-refractivity contribution in [2.45, 2.75) is 33.1 Å². The Morgan fingerprint density at radius 1 is 1.07 bits per heavy atom. The van der Waals surface area contributed by atoms with Crippen molar-refractivity contribution in [1.29, 1.82) is 0 Å². The topological polar surface area (TPSA) is 21.3 Å². The zero-order valence-electron chi connectivity index (χ0n) is 9.68. The van der Waals surface area contributed by atoms with Crippen molar-refractivity contribution in [2.24, 2.45) is 0 Å². The highest BCUT2D eigenvalue weighted by molar-refractivity contribution is 7.99. The summed E-state index contributed by atoms with van der Waals surface area (Å²) in [5.74, 6) is 2.55. The van der Waals surface area contributed by atoms with Crippen LogP contribution in [0, 0.1) is 0 Å². The standard InChI is InChI=1S/C11H25NOS/c1-3-10-14-11-8-12-7-5-6-9-13-4-2/h12H,3-11H2,1-2H3. The van der Waals surface area contributed by atoms with E-state index in [1.165, 1.54) is 30.8 Å². The van der Waals surface area contributed by atoms with Crippen LogP contribution in [0.15, 0.2) is 0 Å². The minimum Gasteiger partial charge on any atom is -0.382 e. The third-order valence-corrected chi connectivity index (χ3v) is 3.06. The molecule has 0 aromatic heterocycles. The maximum absolute atomic E-state index is 5.26. The molecule has 0 saturated heterocycles. The van der Waals surface area contributed by atoms with E-state index in [2.05, 4.69) is 12.2 Å². The fraction of sp³-hybridized carbons (Fsp3) is 1.00. The van der Waals surface area contributed by atoms with E-state index in [0.29, 0.717) is 0 Å². The molecule has 0 aliphatic carbocycles. The van der Waals surface area contributed by atoms with Gasteiger partial charge in [-0.15, -0.1) is 0 Å². The van der Waals surface area contributed by atoms with Crippen molar-refractivity contribution in [1.82, 2.24) is 5.32 Å². The average Bonchev–Trinajstić information content (AvgIpc) is 2.21. The first-order valence-electron chi connectivity index (χ1n) is 5.78. The SMILES string of the molecule is CCCSCCNCCCCOCC. The summed E-state index contributed by atoms with van der Waals surface area (Å²) in [6.45, 7) is 8.33. The highest BCUT2D eigenvalue weighted by atomic mass is 32.2. The Kier molecular flexibility index (Phi) is 13.5. The van der Waals surface area contributed by atoms with Crippen LogP contribution in [0.5, 0.6) is 0 Å². The molecule has 0 spiro atoms. The van der Waals surface area contributed by atoms with E-state index in [-0.39, 0.29) is 0 Å². The summed E-state index contributed by atoms with van der Waals surface area (Å²) < 4.78 is 5.26. The van der Waals surface area contributed by atoms with E-state index >= 15 is 0 Å². The van der Waals surface area contributed by atoms with Crippen molar-refractivity contribution in [2.75, 3.05) is 37.8 Å². The van der Waals surface area contributed by atoms with Crippen molar-refractivity contribution in [3.8, 4) is 0 Å². The third kappa shape index (κ3) is 12.3. The first-order valence-corrected chi connectivity index (χ1v) is 6.93. The van der Waals surface area contributed by atoms with Gasteiger partial charge in [-0.05, 0) is 38.5 Å². The van der Waals surface area contributed by atoms with Crippen molar-refractivity contribution < 1.29 is 4.74 Å². The molecule has 2 nitrogen and oxygen atoms in total. The minimum atomic E-state index is 0.848. The van der Waals surface area contributed by atoms with Crippen molar-refractivity contribution in [3.63, 3.8) is 0 Å². The maximum atomic E-state index is 5.26. The molecule has 3 heteroatoms. The van der Waals surface area contributed by atoms with Gasteiger partial charge in [-0.1, -0.05) is 6.92 Å². The van der Waals surface area contributed by atoms with Gasteiger partial charge in [0.2, 0.25) is 0 Å². The summed E-state index contributed by atoms with van der Waals surface area (Å²) in [4.78, 5) is 0. The van der Waals surface area contributed by atoms with Crippen LogP contribution in [0.25, 0.3) is 0 Å². The highest BCUT2D eigenvalue weighted by Crippen LogP contribution is 1.99. The summed E-state index contributed by atoms with van der Waals surface area (Å²) in [7, 11) is 0. The van der Waals surface area contributed by atoms with Crippen LogP contribution < -0.4 is 5.32 Å². The van der Waals surface area contributed by atoms with Crippen LogP contribution in [0.4, 0.5) is 0 Å². The molecule has 86 valence electrons. The van der Waals surface area contributed by atoms with Gasteiger partial charge in [-0.25, -0.2) is 0 Å². The van der Waals surface area contributed by atoms with Gasteiger partial charge in [-0.3, -0.25) is 0 Å². The summed E-state index contributed by atoms with van der Waals surface area (Å²) >= 11 is 2.04. The highest BCUT2D eigenvalue weighted by Gasteiger charge is 1.90. The average molecular weight is 219 g/mol. The smallest absolute Gasteiger partial charge is 0.0466 e. The van der Waals surface area contributed by atoms with Gasteiger partial charge in [0.05, 0.1) is 0 Å². The van der Waals surface area contributed by atoms with Gasteiger partial charge in [0, 0.05) is 25.5 Å². The molecule has 0 bridgehead atoms. The zero-order chi connectivity index (χ0) is 10.5. The van der Waals surface area contributed by atoms with Crippen molar-refractivity contribution >= 4 is 11.8 Å². The van der Waals surface area contributed by atoms with E-state index in [4.69, 9.17) is 4.74 Å². The van der Waals surface area contributed by atoms with Gasteiger partial charge < -0.3 is 10.1 Å². The molecule has 0 aliphatic heterocycles. The Balaban J connectivity index is 2.78. The molecule has 0 amide bonds. The van der Waals surface area contributed by atoms with Crippen LogP contribution in [-0.2, 0) is 4.74 Å². The number of hydrogen-bond donors (Lipinski definition) is 1. The van der Waals surface area contributed by atoms with Crippen LogP contribution >= 0.6 is 11.8 Å². The van der Waals surface area contributed by atoms with E-state index < -0.39 is 0 Å². The monoisotopic (exact) mass is 219 g/mol. The second kappa shape index (κ2) is 13.3. The molecule has 1 N–H and O–H groups in total. The van der Waals surface area contributed by atoms with Crippen LogP contribution in [0.2, 0.25) is 0 Å². The Morgan fingerprint density at radius 2 is 1.93 bits per heavy atom. The number of rotatable bonds is 11. The molecular formula is C11H25NOS. The largest absolute Gasteiger partial charge is 0.382 e. The molecule has 0 radical (unpaired) electrons. The van der Waals surface area contributed by atoms with E-state index in [1.54, 1.807) is 0 Å². The summed E-state index contributed by atoms with van der Waals surface area (Å²) in [6, 6.07) is 0. The zero-order valence-corrected chi connectivity index (χ0v) is 10.5. The normalized spacial score (nSPS) is 10.7. The van der Waals surface area contributed by atoms with Gasteiger partial charge >= 0.3 is 0 Å². The third-order valence-electron chi connectivity index (χ3n) is 1.87. The van der Waals surface area contributed by atoms with E-state index in [9.17, 15) is 0 Å². The second-order valence-electron chi connectivity index (χ2n) is 3.27. The lowest BCUT2D eigenvalue weighted by Gasteiger charge is -2.04. The lowest BCUT2D eigenvalue weighted by molar-refractivity contribution is 0.143. The number of ether oxygens (including phenoxy) is 1. The molecule has 0 saturated carbocycles. The Bertz CT molecular complexity index is 89.3. The van der Waals surface area contributed by atoms with Crippen LogP contribution in [0.3, 0.4) is 0 Å². The van der Waals surface area contributed by atoms with Crippen LogP contribution in [-0.4, -0.2) is 37.8 Å². The minimum absolute atomic E-state index is 0.848. The number of hydrogen-bond acceptors (Lipinski definition) is 3. The number of nitrogens with one attached hydrogen (secondary N) is 1. The molecule has 0 heterocycles. The first-order chi connectivity index (χ1) is 6.91.